The fraction of sp³-hybridized carbons (Fsp3) is 0.100. The van der Waals surface area contributed by atoms with Gasteiger partial charge in [0.1, 0.15) is 0 Å². The van der Waals surface area contributed by atoms with E-state index in [1.165, 1.54) is 61.4 Å². The molecule has 304 valence electrons. The molecule has 0 spiro atoms. The first-order valence-electron chi connectivity index (χ1n) is 21.9. The van der Waals surface area contributed by atoms with Gasteiger partial charge in [-0.1, -0.05) is 174 Å². The number of hydrogen-bond donors (Lipinski definition) is 0. The first-order valence-corrected chi connectivity index (χ1v) is 21.9. The van der Waals surface area contributed by atoms with E-state index in [4.69, 9.17) is 0 Å². The van der Waals surface area contributed by atoms with Crippen molar-refractivity contribution in [3.8, 4) is 11.1 Å². The molecule has 8 aromatic rings. The Hall–Kier alpha value is -7.62. The summed E-state index contributed by atoms with van der Waals surface area (Å²) < 4.78 is 0. The Labute approximate surface area is 371 Å². The van der Waals surface area contributed by atoms with Gasteiger partial charge in [0.05, 0.1) is 39.8 Å². The van der Waals surface area contributed by atoms with Crippen LogP contribution in [0.2, 0.25) is 0 Å². The number of anilines is 7. The van der Waals surface area contributed by atoms with Gasteiger partial charge in [-0.15, -0.1) is 0 Å². The maximum absolute atomic E-state index is 4.33. The minimum absolute atomic E-state index is 0.0964. The van der Waals surface area contributed by atoms with Crippen molar-refractivity contribution in [3.63, 3.8) is 0 Å². The molecule has 3 heteroatoms. The van der Waals surface area contributed by atoms with Crippen LogP contribution in [0.25, 0.3) is 34.1 Å². The second kappa shape index (κ2) is 14.5. The molecule has 0 saturated heterocycles. The third-order valence-corrected chi connectivity index (χ3v) is 13.7. The highest BCUT2D eigenvalue weighted by Crippen LogP contribution is 2.55. The fourth-order valence-electron chi connectivity index (χ4n) is 10.6. The molecular formula is C60H49N3. The summed E-state index contributed by atoms with van der Waals surface area (Å²) in [4.78, 5) is 7.08. The van der Waals surface area contributed by atoms with E-state index in [2.05, 4.69) is 238 Å². The van der Waals surface area contributed by atoms with Gasteiger partial charge in [-0.2, -0.15) is 0 Å². The van der Waals surface area contributed by atoms with E-state index in [0.717, 1.165) is 45.1 Å². The van der Waals surface area contributed by atoms with Crippen LogP contribution in [-0.2, 0) is 10.8 Å². The number of allylic oxidation sites excluding steroid dienone is 2. The number of benzene rings is 8. The smallest absolute Gasteiger partial charge is 0.0703 e. The largest absolute Gasteiger partial charge is 0.310 e. The average Bonchev–Trinajstić information content (AvgIpc) is 3.54. The minimum atomic E-state index is -0.186. The summed E-state index contributed by atoms with van der Waals surface area (Å²) in [5, 5.41) is 2.35. The van der Waals surface area contributed by atoms with Crippen LogP contribution in [0.4, 0.5) is 39.8 Å². The molecule has 0 amide bonds. The molecule has 2 aliphatic heterocycles. The Morgan fingerprint density at radius 2 is 0.905 bits per heavy atom. The van der Waals surface area contributed by atoms with Gasteiger partial charge in [-0.3, -0.25) is 0 Å². The summed E-state index contributed by atoms with van der Waals surface area (Å²) in [6, 6.07) is 64.2. The molecule has 3 aliphatic rings. The quantitative estimate of drug-likeness (QED) is 0.148. The predicted octanol–water partition coefficient (Wildman–Crippen LogP) is 16.3. The van der Waals surface area contributed by atoms with Crippen LogP contribution in [0.15, 0.2) is 213 Å². The van der Waals surface area contributed by atoms with Crippen molar-refractivity contribution in [3.05, 3.63) is 246 Å². The van der Waals surface area contributed by atoms with Crippen molar-refractivity contribution in [1.82, 2.24) is 0 Å². The van der Waals surface area contributed by atoms with E-state index in [1.807, 2.05) is 18.2 Å². The average molecular weight is 812 g/mol. The van der Waals surface area contributed by atoms with Gasteiger partial charge in [0, 0.05) is 27.6 Å². The molecule has 8 aromatic carbocycles. The van der Waals surface area contributed by atoms with Gasteiger partial charge in [0.2, 0.25) is 0 Å². The zero-order chi connectivity index (χ0) is 43.0. The fourth-order valence-corrected chi connectivity index (χ4v) is 10.6. The van der Waals surface area contributed by atoms with E-state index in [-0.39, 0.29) is 10.8 Å². The third kappa shape index (κ3) is 5.80. The Bertz CT molecular complexity index is 3190. The molecule has 1 aliphatic carbocycles. The number of para-hydroxylation sites is 5. The van der Waals surface area contributed by atoms with Gasteiger partial charge >= 0.3 is 0 Å². The van der Waals surface area contributed by atoms with Crippen molar-refractivity contribution in [1.29, 1.82) is 0 Å². The summed E-state index contributed by atoms with van der Waals surface area (Å²) in [5.41, 5.74) is 20.1. The molecule has 0 atom stereocenters. The molecule has 11 rings (SSSR count). The van der Waals surface area contributed by atoms with Crippen LogP contribution in [0.5, 0.6) is 0 Å². The Morgan fingerprint density at radius 3 is 1.59 bits per heavy atom. The topological polar surface area (TPSA) is 9.72 Å². The molecule has 3 nitrogen and oxygen atoms in total. The third-order valence-electron chi connectivity index (χ3n) is 13.7. The molecule has 0 unspecified atom stereocenters. The molecule has 0 saturated carbocycles. The highest BCUT2D eigenvalue weighted by molar-refractivity contribution is 6.04. The van der Waals surface area contributed by atoms with Gasteiger partial charge < -0.3 is 14.7 Å². The lowest BCUT2D eigenvalue weighted by Gasteiger charge is -2.42. The van der Waals surface area contributed by atoms with Crippen LogP contribution >= 0.6 is 0 Å². The summed E-state index contributed by atoms with van der Waals surface area (Å²) in [6.45, 7) is 18.1. The van der Waals surface area contributed by atoms with Gasteiger partial charge in [0.15, 0.2) is 0 Å². The maximum atomic E-state index is 4.33. The van der Waals surface area contributed by atoms with Gasteiger partial charge in [-0.05, 0) is 117 Å². The first-order chi connectivity index (χ1) is 30.7. The van der Waals surface area contributed by atoms with E-state index in [1.54, 1.807) is 0 Å². The van der Waals surface area contributed by atoms with E-state index in [0.29, 0.717) is 0 Å². The maximum Gasteiger partial charge on any atom is 0.0703 e. The summed E-state index contributed by atoms with van der Waals surface area (Å²) >= 11 is 0. The lowest BCUT2D eigenvalue weighted by atomic mass is 9.73. The van der Waals surface area contributed by atoms with E-state index in [9.17, 15) is 0 Å². The molecule has 0 radical (unpaired) electrons. The van der Waals surface area contributed by atoms with Crippen molar-refractivity contribution in [2.24, 2.45) is 0 Å². The molecule has 2 heterocycles. The van der Waals surface area contributed by atoms with Crippen LogP contribution in [-0.4, -0.2) is 0 Å². The van der Waals surface area contributed by atoms with E-state index >= 15 is 0 Å². The zero-order valence-corrected chi connectivity index (χ0v) is 36.3. The van der Waals surface area contributed by atoms with Crippen molar-refractivity contribution in [2.75, 3.05) is 14.7 Å². The molecule has 0 aromatic heterocycles. The second-order valence-corrected chi connectivity index (χ2v) is 17.9. The van der Waals surface area contributed by atoms with Gasteiger partial charge in [0.25, 0.3) is 0 Å². The standard InChI is InChI=1S/C60H49N3/c1-7-52-53(8-2)63(58-30-17-16-29-57(58)61(52)42-21-10-9-11-22-42)54-31-19-23-44-41(20-18-24-47(44)54)34-32-40-33-36-45-46-37-35-43(39-51(46)60(5,6)50(45)38-40)62-55-27-14-12-25-48(55)59(3,4)49-26-13-15-28-56(49)62/h7-39H,1-2H2,3-6H3. The Kier molecular flexibility index (Phi) is 8.82. The zero-order valence-electron chi connectivity index (χ0n) is 36.3. The van der Waals surface area contributed by atoms with Crippen LogP contribution in [0.3, 0.4) is 0 Å². The van der Waals surface area contributed by atoms with Crippen LogP contribution in [0.1, 0.15) is 61.1 Å². The van der Waals surface area contributed by atoms with Crippen LogP contribution < -0.4 is 14.7 Å². The molecule has 0 N–H and O–H groups in total. The van der Waals surface area contributed by atoms with Crippen molar-refractivity contribution < 1.29 is 0 Å². The summed E-state index contributed by atoms with van der Waals surface area (Å²) in [5.74, 6) is 0. The second-order valence-electron chi connectivity index (χ2n) is 17.9. The highest BCUT2D eigenvalue weighted by atomic mass is 15.3. The molecule has 0 bridgehead atoms. The Morgan fingerprint density at radius 1 is 0.381 bits per heavy atom. The Balaban J connectivity index is 0.949. The highest BCUT2D eigenvalue weighted by Gasteiger charge is 2.39. The normalized spacial score (nSPS) is 15.5. The SMILES string of the molecule is C=CC1=C(C=C)N(c2cccc3c(C=Cc4ccc5c(c4)C(C)(C)c4cc(N6c7ccccc7C(C)(C)c7ccccc76)ccc4-5)cccc23)c2ccccc2N1c1ccccc1. The van der Waals surface area contributed by atoms with Crippen molar-refractivity contribution in [2.45, 2.75) is 38.5 Å². The molecule has 0 fully saturated rings. The molecule has 63 heavy (non-hydrogen) atoms. The van der Waals surface area contributed by atoms with E-state index < -0.39 is 0 Å². The summed E-state index contributed by atoms with van der Waals surface area (Å²) in [6.07, 6.45) is 8.43. The number of hydrogen-bond acceptors (Lipinski definition) is 3. The monoisotopic (exact) mass is 811 g/mol. The first kappa shape index (κ1) is 38.3. The van der Waals surface area contributed by atoms with Gasteiger partial charge in [-0.25, -0.2) is 0 Å². The number of nitrogens with zero attached hydrogens (tertiary/aromatic N) is 3. The lowest BCUT2D eigenvalue weighted by molar-refractivity contribution is 0.631. The van der Waals surface area contributed by atoms with Crippen LogP contribution in [0, 0.1) is 0 Å². The number of fused-ring (bicyclic) bond motifs is 7. The minimum Gasteiger partial charge on any atom is -0.310 e. The summed E-state index contributed by atoms with van der Waals surface area (Å²) in [7, 11) is 0. The van der Waals surface area contributed by atoms with Crippen molar-refractivity contribution >= 4 is 62.7 Å². The number of rotatable bonds is 7. The lowest BCUT2D eigenvalue weighted by Crippen LogP contribution is -2.30. The predicted molar refractivity (Wildman–Crippen MR) is 268 cm³/mol. The molecular weight excluding hydrogens is 763 g/mol.